The highest BCUT2D eigenvalue weighted by Crippen LogP contribution is 2.05. The van der Waals surface area contributed by atoms with Crippen molar-refractivity contribution >= 4 is 12.1 Å². The second-order valence-electron chi connectivity index (χ2n) is 4.22. The molecule has 1 atom stereocenters. The number of carbonyl (C=O) groups is 2. The van der Waals surface area contributed by atoms with Gasteiger partial charge in [-0.25, -0.2) is 9.59 Å². The van der Waals surface area contributed by atoms with E-state index in [0.29, 0.717) is 0 Å². The fourth-order valence-electron chi connectivity index (χ4n) is 0.855. The molecule has 16 heavy (non-hydrogen) atoms. The standard InChI is InChI=1S/C10H19NO5/c1-6(2)5-15-10(14)11-16-8(7(3)4)9(12)13/h6-8H,5H2,1-4H3,(H,11,14)(H,12,13). The number of carboxylic acid groups (broad SMARTS) is 1. The van der Waals surface area contributed by atoms with Crippen LogP contribution in [0.1, 0.15) is 27.7 Å². The molecule has 0 aliphatic rings. The first-order valence-electron chi connectivity index (χ1n) is 5.15. The van der Waals surface area contributed by atoms with E-state index in [1.54, 1.807) is 13.8 Å². The van der Waals surface area contributed by atoms with Crippen LogP contribution in [0.25, 0.3) is 0 Å². The molecule has 0 saturated carbocycles. The largest absolute Gasteiger partial charge is 0.479 e. The molecule has 6 heteroatoms. The fourth-order valence-corrected chi connectivity index (χ4v) is 0.855. The van der Waals surface area contributed by atoms with Crippen molar-refractivity contribution in [2.75, 3.05) is 6.61 Å². The highest BCUT2D eigenvalue weighted by atomic mass is 16.7. The van der Waals surface area contributed by atoms with Gasteiger partial charge in [0.05, 0.1) is 6.61 Å². The molecule has 1 amide bonds. The Kier molecular flexibility index (Phi) is 6.48. The van der Waals surface area contributed by atoms with Crippen LogP contribution in [0.4, 0.5) is 4.79 Å². The van der Waals surface area contributed by atoms with E-state index in [4.69, 9.17) is 14.7 Å². The second kappa shape index (κ2) is 7.05. The first kappa shape index (κ1) is 14.7. The highest BCUT2D eigenvalue weighted by molar-refractivity contribution is 5.73. The van der Waals surface area contributed by atoms with Gasteiger partial charge in [-0.15, -0.1) is 0 Å². The third-order valence-electron chi connectivity index (χ3n) is 1.67. The first-order chi connectivity index (χ1) is 7.34. The molecular formula is C10H19NO5. The number of aliphatic carboxylic acids is 1. The number of carbonyl (C=O) groups excluding carboxylic acids is 1. The number of amides is 1. The molecule has 0 aliphatic carbocycles. The van der Waals surface area contributed by atoms with Crippen LogP contribution in [0.15, 0.2) is 0 Å². The average Bonchev–Trinajstić information content (AvgIpc) is 2.13. The van der Waals surface area contributed by atoms with Gasteiger partial charge >= 0.3 is 12.1 Å². The van der Waals surface area contributed by atoms with E-state index in [2.05, 4.69) is 0 Å². The third kappa shape index (κ3) is 6.23. The monoisotopic (exact) mass is 233 g/mol. The molecule has 1 unspecified atom stereocenters. The van der Waals surface area contributed by atoms with Crippen LogP contribution < -0.4 is 5.48 Å². The van der Waals surface area contributed by atoms with Gasteiger partial charge in [0.1, 0.15) is 0 Å². The van der Waals surface area contributed by atoms with Gasteiger partial charge in [-0.1, -0.05) is 27.7 Å². The Morgan fingerprint density at radius 1 is 1.25 bits per heavy atom. The van der Waals surface area contributed by atoms with Gasteiger partial charge in [-0.3, -0.25) is 4.84 Å². The van der Waals surface area contributed by atoms with Gasteiger partial charge in [0, 0.05) is 0 Å². The molecule has 0 spiro atoms. The lowest BCUT2D eigenvalue weighted by atomic mass is 10.1. The quantitative estimate of drug-likeness (QED) is 0.677. The molecular weight excluding hydrogens is 214 g/mol. The van der Waals surface area contributed by atoms with Crippen molar-refractivity contribution in [3.63, 3.8) is 0 Å². The molecule has 2 N–H and O–H groups in total. The Hall–Kier alpha value is -1.30. The number of hydroxylamine groups is 1. The predicted molar refractivity (Wildman–Crippen MR) is 56.7 cm³/mol. The van der Waals surface area contributed by atoms with Crippen molar-refractivity contribution in [1.82, 2.24) is 5.48 Å². The fraction of sp³-hybridized carbons (Fsp3) is 0.800. The molecule has 0 aromatic rings. The van der Waals surface area contributed by atoms with E-state index in [-0.39, 0.29) is 18.4 Å². The maximum Gasteiger partial charge on any atom is 0.431 e. The zero-order valence-electron chi connectivity index (χ0n) is 10.0. The summed E-state index contributed by atoms with van der Waals surface area (Å²) in [5, 5.41) is 8.76. The van der Waals surface area contributed by atoms with Gasteiger partial charge < -0.3 is 9.84 Å². The van der Waals surface area contributed by atoms with Gasteiger partial charge in [0.15, 0.2) is 6.10 Å². The Bertz CT molecular complexity index is 239. The van der Waals surface area contributed by atoms with Crippen LogP contribution in [0.2, 0.25) is 0 Å². The van der Waals surface area contributed by atoms with E-state index in [1.165, 1.54) is 0 Å². The number of hydrogen-bond donors (Lipinski definition) is 2. The van der Waals surface area contributed by atoms with Crippen molar-refractivity contribution in [1.29, 1.82) is 0 Å². The van der Waals surface area contributed by atoms with E-state index >= 15 is 0 Å². The number of nitrogens with one attached hydrogen (secondary N) is 1. The Balaban J connectivity index is 3.93. The molecule has 0 aliphatic heterocycles. The normalized spacial score (nSPS) is 12.6. The number of carboxylic acids is 1. The van der Waals surface area contributed by atoms with Crippen molar-refractivity contribution in [3.8, 4) is 0 Å². The van der Waals surface area contributed by atoms with Crippen molar-refractivity contribution < 1.29 is 24.3 Å². The summed E-state index contributed by atoms with van der Waals surface area (Å²) in [6.45, 7) is 7.40. The molecule has 6 nitrogen and oxygen atoms in total. The van der Waals surface area contributed by atoms with E-state index in [1.807, 2.05) is 19.3 Å². The number of hydrogen-bond acceptors (Lipinski definition) is 4. The van der Waals surface area contributed by atoms with Crippen LogP contribution in [-0.2, 0) is 14.4 Å². The smallest absolute Gasteiger partial charge is 0.431 e. The lowest BCUT2D eigenvalue weighted by molar-refractivity contribution is -0.158. The summed E-state index contributed by atoms with van der Waals surface area (Å²) in [6, 6.07) is 0. The van der Waals surface area contributed by atoms with Gasteiger partial charge in [-0.05, 0) is 11.8 Å². The van der Waals surface area contributed by atoms with Crippen molar-refractivity contribution in [2.24, 2.45) is 11.8 Å². The molecule has 0 bridgehead atoms. The third-order valence-corrected chi connectivity index (χ3v) is 1.67. The van der Waals surface area contributed by atoms with Gasteiger partial charge in [-0.2, -0.15) is 5.48 Å². The van der Waals surface area contributed by atoms with Crippen LogP contribution in [0, 0.1) is 11.8 Å². The molecule has 0 saturated heterocycles. The Morgan fingerprint density at radius 3 is 2.19 bits per heavy atom. The zero-order chi connectivity index (χ0) is 12.7. The molecule has 0 rings (SSSR count). The van der Waals surface area contributed by atoms with Crippen molar-refractivity contribution in [2.45, 2.75) is 33.8 Å². The lowest BCUT2D eigenvalue weighted by Crippen LogP contribution is -2.38. The molecule has 0 aromatic heterocycles. The highest BCUT2D eigenvalue weighted by Gasteiger charge is 2.23. The summed E-state index contributed by atoms with van der Waals surface area (Å²) in [6.07, 6.45) is -1.85. The number of ether oxygens (including phenoxy) is 1. The topological polar surface area (TPSA) is 84.9 Å². The van der Waals surface area contributed by atoms with E-state index in [0.717, 1.165) is 0 Å². The molecule has 0 aromatic carbocycles. The molecule has 94 valence electrons. The maximum atomic E-state index is 11.0. The predicted octanol–water partition coefficient (Wildman–Crippen LogP) is 1.41. The second-order valence-corrected chi connectivity index (χ2v) is 4.22. The Morgan fingerprint density at radius 2 is 1.81 bits per heavy atom. The van der Waals surface area contributed by atoms with E-state index < -0.39 is 18.2 Å². The van der Waals surface area contributed by atoms with Crippen LogP contribution in [-0.4, -0.2) is 29.9 Å². The summed E-state index contributed by atoms with van der Waals surface area (Å²) in [7, 11) is 0. The zero-order valence-corrected chi connectivity index (χ0v) is 10.0. The van der Waals surface area contributed by atoms with Crippen molar-refractivity contribution in [3.05, 3.63) is 0 Å². The average molecular weight is 233 g/mol. The van der Waals surface area contributed by atoms with Crippen LogP contribution >= 0.6 is 0 Å². The lowest BCUT2D eigenvalue weighted by Gasteiger charge is -2.16. The van der Waals surface area contributed by atoms with E-state index in [9.17, 15) is 9.59 Å². The minimum absolute atomic E-state index is 0.214. The SMILES string of the molecule is CC(C)COC(=O)NOC(C(=O)O)C(C)C. The van der Waals surface area contributed by atoms with Gasteiger partial charge in [0.25, 0.3) is 0 Å². The molecule has 0 heterocycles. The maximum absolute atomic E-state index is 11.0. The number of rotatable bonds is 6. The summed E-state index contributed by atoms with van der Waals surface area (Å²) < 4.78 is 4.75. The summed E-state index contributed by atoms with van der Waals surface area (Å²) in [4.78, 5) is 26.5. The van der Waals surface area contributed by atoms with Gasteiger partial charge in [0.2, 0.25) is 0 Å². The summed E-state index contributed by atoms with van der Waals surface area (Å²) in [5.74, 6) is -1.16. The molecule has 0 radical (unpaired) electrons. The molecule has 0 fully saturated rings. The van der Waals surface area contributed by atoms with Crippen LogP contribution in [0.5, 0.6) is 0 Å². The van der Waals surface area contributed by atoms with Crippen LogP contribution in [0.3, 0.4) is 0 Å². The minimum atomic E-state index is -1.13. The summed E-state index contributed by atoms with van der Waals surface area (Å²) >= 11 is 0. The summed E-state index contributed by atoms with van der Waals surface area (Å²) in [5.41, 5.74) is 1.96. The Labute approximate surface area is 94.9 Å². The first-order valence-corrected chi connectivity index (χ1v) is 5.15. The minimum Gasteiger partial charge on any atom is -0.479 e.